The molecule has 9 nitrogen and oxygen atoms in total. The van der Waals surface area contributed by atoms with Crippen molar-refractivity contribution in [1.82, 2.24) is 10.2 Å². The summed E-state index contributed by atoms with van der Waals surface area (Å²) in [5.74, 6) is 0.0733. The van der Waals surface area contributed by atoms with Gasteiger partial charge < -0.3 is 19.7 Å². The summed E-state index contributed by atoms with van der Waals surface area (Å²) in [6.07, 6.45) is 1.30. The smallest absolute Gasteiger partial charge is 0.244 e. The van der Waals surface area contributed by atoms with Gasteiger partial charge in [-0.3, -0.25) is 13.9 Å². The van der Waals surface area contributed by atoms with Crippen LogP contribution in [0.3, 0.4) is 0 Å². The number of halogens is 1. The number of amides is 2. The maximum atomic E-state index is 14.0. The van der Waals surface area contributed by atoms with Crippen molar-refractivity contribution in [3.8, 4) is 11.5 Å². The molecule has 0 radical (unpaired) electrons. The highest BCUT2D eigenvalue weighted by Crippen LogP contribution is 2.34. The van der Waals surface area contributed by atoms with E-state index in [1.54, 1.807) is 18.2 Å². The summed E-state index contributed by atoms with van der Waals surface area (Å²) < 4.78 is 39.0. The maximum absolute atomic E-state index is 14.0. The van der Waals surface area contributed by atoms with Gasteiger partial charge in [0, 0.05) is 30.0 Å². The quantitative estimate of drug-likeness (QED) is 0.346. The minimum absolute atomic E-state index is 0.111. The minimum Gasteiger partial charge on any atom is -0.486 e. The van der Waals surface area contributed by atoms with Crippen LogP contribution in [0.4, 0.5) is 5.69 Å². The standard InChI is InChI=1S/C29H32BrN3O6S/c1-3-31-29(35)25(17-21-7-5-4-6-8-21)32(19-22-9-11-23(30)12-10-22)28(34)20-33(40(2,36)37)24-13-14-26-27(18-24)39-16-15-38-26/h4-14,18,25H,3,15-17,19-20H2,1-2H3,(H,31,35)/t25-/m0/s1. The zero-order chi connectivity index (χ0) is 28.7. The van der Waals surface area contributed by atoms with Gasteiger partial charge in [0.05, 0.1) is 11.9 Å². The van der Waals surface area contributed by atoms with Crippen molar-refractivity contribution < 1.29 is 27.5 Å². The molecule has 1 atom stereocenters. The number of benzene rings is 3. The molecule has 0 aliphatic carbocycles. The number of likely N-dealkylation sites (N-methyl/N-ethyl adjacent to an activating group) is 1. The molecule has 2 amide bonds. The van der Waals surface area contributed by atoms with Crippen LogP contribution in [-0.4, -0.2) is 63.7 Å². The molecule has 1 aliphatic rings. The van der Waals surface area contributed by atoms with Crippen LogP contribution in [-0.2, 0) is 32.6 Å². The molecule has 1 N–H and O–H groups in total. The molecule has 1 heterocycles. The van der Waals surface area contributed by atoms with E-state index in [-0.39, 0.29) is 24.6 Å². The van der Waals surface area contributed by atoms with Gasteiger partial charge in [0.2, 0.25) is 21.8 Å². The largest absolute Gasteiger partial charge is 0.486 e. The molecule has 4 rings (SSSR count). The Bertz CT molecular complexity index is 1430. The van der Waals surface area contributed by atoms with Crippen LogP contribution >= 0.6 is 15.9 Å². The van der Waals surface area contributed by atoms with Gasteiger partial charge in [-0.2, -0.15) is 0 Å². The zero-order valence-electron chi connectivity index (χ0n) is 22.4. The topological polar surface area (TPSA) is 105 Å². The molecular weight excluding hydrogens is 598 g/mol. The van der Waals surface area contributed by atoms with E-state index in [9.17, 15) is 18.0 Å². The van der Waals surface area contributed by atoms with E-state index >= 15 is 0 Å². The van der Waals surface area contributed by atoms with E-state index < -0.39 is 28.5 Å². The second kappa shape index (κ2) is 13.2. The van der Waals surface area contributed by atoms with E-state index in [2.05, 4.69) is 21.2 Å². The first-order valence-corrected chi connectivity index (χ1v) is 15.5. The number of carbonyl (C=O) groups is 2. The Morgan fingerprint density at radius 2 is 1.62 bits per heavy atom. The van der Waals surface area contributed by atoms with Crippen LogP contribution in [0, 0.1) is 0 Å². The van der Waals surface area contributed by atoms with Crippen molar-refractivity contribution >= 4 is 43.5 Å². The first kappa shape index (κ1) is 29.4. The third kappa shape index (κ3) is 7.54. The molecule has 3 aromatic rings. The Hall–Kier alpha value is -3.57. The molecule has 40 heavy (non-hydrogen) atoms. The molecule has 11 heteroatoms. The van der Waals surface area contributed by atoms with Gasteiger partial charge in [-0.1, -0.05) is 58.4 Å². The number of hydrogen-bond acceptors (Lipinski definition) is 6. The van der Waals surface area contributed by atoms with Gasteiger partial charge in [0.1, 0.15) is 25.8 Å². The van der Waals surface area contributed by atoms with Crippen molar-refractivity contribution in [3.05, 3.63) is 88.4 Å². The summed E-state index contributed by atoms with van der Waals surface area (Å²) in [6, 6.07) is 20.7. The monoisotopic (exact) mass is 629 g/mol. The van der Waals surface area contributed by atoms with Crippen molar-refractivity contribution in [2.45, 2.75) is 25.9 Å². The van der Waals surface area contributed by atoms with Crippen LogP contribution in [0.5, 0.6) is 11.5 Å². The Kier molecular flexibility index (Phi) is 9.70. The van der Waals surface area contributed by atoms with Crippen LogP contribution < -0.4 is 19.1 Å². The average molecular weight is 631 g/mol. The van der Waals surface area contributed by atoms with Gasteiger partial charge in [-0.25, -0.2) is 8.42 Å². The number of carbonyl (C=O) groups excluding carboxylic acids is 2. The lowest BCUT2D eigenvalue weighted by Crippen LogP contribution is -2.53. The molecule has 0 spiro atoms. The van der Waals surface area contributed by atoms with E-state index in [0.717, 1.165) is 26.2 Å². The van der Waals surface area contributed by atoms with Gasteiger partial charge in [0.15, 0.2) is 11.5 Å². The third-order valence-electron chi connectivity index (χ3n) is 6.38. The number of nitrogens with one attached hydrogen (secondary N) is 1. The molecule has 0 unspecified atom stereocenters. The van der Waals surface area contributed by atoms with Gasteiger partial charge in [-0.05, 0) is 42.3 Å². The zero-order valence-corrected chi connectivity index (χ0v) is 24.8. The van der Waals surface area contributed by atoms with Crippen LogP contribution in [0.25, 0.3) is 0 Å². The van der Waals surface area contributed by atoms with E-state index in [0.29, 0.717) is 31.3 Å². The highest BCUT2D eigenvalue weighted by molar-refractivity contribution is 9.10. The fourth-order valence-electron chi connectivity index (χ4n) is 4.43. The molecule has 212 valence electrons. The first-order chi connectivity index (χ1) is 19.2. The Labute approximate surface area is 243 Å². The number of nitrogens with zero attached hydrogens (tertiary/aromatic N) is 2. The average Bonchev–Trinajstić information content (AvgIpc) is 2.94. The summed E-state index contributed by atoms with van der Waals surface area (Å²) in [4.78, 5) is 28.9. The maximum Gasteiger partial charge on any atom is 0.244 e. The molecule has 3 aromatic carbocycles. The lowest BCUT2D eigenvalue weighted by Gasteiger charge is -2.33. The second-order valence-corrected chi connectivity index (χ2v) is 12.2. The highest BCUT2D eigenvalue weighted by atomic mass is 79.9. The van der Waals surface area contributed by atoms with Crippen LogP contribution in [0.2, 0.25) is 0 Å². The van der Waals surface area contributed by atoms with E-state index in [1.807, 2.05) is 61.5 Å². The van der Waals surface area contributed by atoms with Crippen LogP contribution in [0.15, 0.2) is 77.3 Å². The number of fused-ring (bicyclic) bond motifs is 1. The Morgan fingerprint density at radius 1 is 0.950 bits per heavy atom. The van der Waals surface area contributed by atoms with Gasteiger partial charge in [0.25, 0.3) is 0 Å². The minimum atomic E-state index is -3.88. The van der Waals surface area contributed by atoms with Crippen molar-refractivity contribution in [1.29, 1.82) is 0 Å². The number of anilines is 1. The number of ether oxygens (including phenoxy) is 2. The molecule has 1 aliphatic heterocycles. The molecular formula is C29H32BrN3O6S. The predicted molar refractivity (Wildman–Crippen MR) is 157 cm³/mol. The van der Waals surface area contributed by atoms with E-state index in [4.69, 9.17) is 9.47 Å². The molecule has 0 aromatic heterocycles. The number of sulfonamides is 1. The SMILES string of the molecule is CCNC(=O)[C@H](Cc1ccccc1)N(Cc1ccc(Br)cc1)C(=O)CN(c1ccc2c(c1)OCCO2)S(C)(=O)=O. The summed E-state index contributed by atoms with van der Waals surface area (Å²) in [5.41, 5.74) is 1.93. The number of hydrogen-bond donors (Lipinski definition) is 1. The normalized spacial score (nSPS) is 13.3. The fourth-order valence-corrected chi connectivity index (χ4v) is 5.54. The second-order valence-electron chi connectivity index (χ2n) is 9.35. The summed E-state index contributed by atoms with van der Waals surface area (Å²) in [5, 5.41) is 2.84. The molecule has 0 saturated heterocycles. The molecule has 0 bridgehead atoms. The molecule has 0 fully saturated rings. The predicted octanol–water partition coefficient (Wildman–Crippen LogP) is 3.76. The summed E-state index contributed by atoms with van der Waals surface area (Å²) in [7, 11) is -3.88. The number of rotatable bonds is 11. The van der Waals surface area contributed by atoms with Crippen LogP contribution in [0.1, 0.15) is 18.1 Å². The van der Waals surface area contributed by atoms with Crippen molar-refractivity contribution in [3.63, 3.8) is 0 Å². The highest BCUT2D eigenvalue weighted by Gasteiger charge is 2.33. The fraction of sp³-hybridized carbons (Fsp3) is 0.310. The third-order valence-corrected chi connectivity index (χ3v) is 8.05. The lowest BCUT2D eigenvalue weighted by molar-refractivity contribution is -0.140. The Balaban J connectivity index is 1.71. The Morgan fingerprint density at radius 3 is 2.27 bits per heavy atom. The summed E-state index contributed by atoms with van der Waals surface area (Å²) in [6.45, 7) is 2.54. The molecule has 0 saturated carbocycles. The summed E-state index contributed by atoms with van der Waals surface area (Å²) >= 11 is 3.43. The van der Waals surface area contributed by atoms with E-state index in [1.165, 1.54) is 4.90 Å². The van der Waals surface area contributed by atoms with Crippen molar-refractivity contribution in [2.24, 2.45) is 0 Å². The first-order valence-electron chi connectivity index (χ1n) is 12.9. The van der Waals surface area contributed by atoms with Gasteiger partial charge in [-0.15, -0.1) is 0 Å². The lowest BCUT2D eigenvalue weighted by atomic mass is 10.0. The van der Waals surface area contributed by atoms with Crippen molar-refractivity contribution in [2.75, 3.05) is 36.9 Å². The van der Waals surface area contributed by atoms with Gasteiger partial charge >= 0.3 is 0 Å².